The molecule has 1 aromatic rings. The molecule has 2 unspecified atom stereocenters. The van der Waals surface area contributed by atoms with E-state index in [1.807, 2.05) is 31.2 Å². The summed E-state index contributed by atoms with van der Waals surface area (Å²) >= 11 is 0. The zero-order valence-electron chi connectivity index (χ0n) is 11.1. The van der Waals surface area contributed by atoms with E-state index in [0.29, 0.717) is 5.92 Å². The number of ether oxygens (including phenoxy) is 2. The molecule has 0 radical (unpaired) electrons. The maximum absolute atomic E-state index is 6.15. The van der Waals surface area contributed by atoms with E-state index < -0.39 is 0 Å². The van der Waals surface area contributed by atoms with Crippen molar-refractivity contribution in [1.29, 1.82) is 0 Å². The minimum atomic E-state index is -0.0975. The average Bonchev–Trinajstić information content (AvgIpc) is 2.35. The minimum Gasteiger partial charge on any atom is -0.497 e. The van der Waals surface area contributed by atoms with Crippen LogP contribution in [0.3, 0.4) is 0 Å². The third kappa shape index (κ3) is 4.36. The summed E-state index contributed by atoms with van der Waals surface area (Å²) in [7, 11) is 1.66. The smallest absolute Gasteiger partial charge is 0.118 e. The first-order chi connectivity index (χ1) is 8.04. The molecule has 0 aliphatic heterocycles. The number of hydrogen-bond donors (Lipinski definition) is 1. The Labute approximate surface area is 104 Å². The molecule has 0 aliphatic carbocycles. The molecule has 0 saturated heterocycles. The number of benzene rings is 1. The number of methoxy groups -OCH3 is 1. The average molecular weight is 237 g/mol. The van der Waals surface area contributed by atoms with Crippen molar-refractivity contribution in [3.8, 4) is 5.75 Å². The highest BCUT2D eigenvalue weighted by Crippen LogP contribution is 2.20. The van der Waals surface area contributed by atoms with Gasteiger partial charge in [-0.25, -0.2) is 0 Å². The molecule has 0 saturated carbocycles. The minimum absolute atomic E-state index is 0.0193. The van der Waals surface area contributed by atoms with Crippen LogP contribution < -0.4 is 10.5 Å². The molecule has 0 spiro atoms. The Bertz CT molecular complexity index is 321. The highest BCUT2D eigenvalue weighted by Gasteiger charge is 2.15. The molecule has 0 aliphatic rings. The SMILES string of the molecule is COc1ccc(C(N)C(C)OCC(C)C)cc1. The Morgan fingerprint density at radius 3 is 2.18 bits per heavy atom. The molecule has 0 fully saturated rings. The van der Waals surface area contributed by atoms with Crippen molar-refractivity contribution in [2.45, 2.75) is 32.9 Å². The molecule has 0 bridgehead atoms. The molecule has 96 valence electrons. The van der Waals surface area contributed by atoms with Gasteiger partial charge in [0.25, 0.3) is 0 Å². The van der Waals surface area contributed by atoms with Gasteiger partial charge in [0.1, 0.15) is 5.75 Å². The van der Waals surface area contributed by atoms with Crippen LogP contribution in [-0.4, -0.2) is 19.8 Å². The molecule has 2 N–H and O–H groups in total. The quantitative estimate of drug-likeness (QED) is 0.827. The largest absolute Gasteiger partial charge is 0.497 e. The first-order valence-corrected chi connectivity index (χ1v) is 6.05. The molecule has 0 amide bonds. The van der Waals surface area contributed by atoms with Crippen LogP contribution in [0.15, 0.2) is 24.3 Å². The predicted molar refractivity (Wildman–Crippen MR) is 70.2 cm³/mol. The van der Waals surface area contributed by atoms with Gasteiger partial charge in [0.05, 0.1) is 19.3 Å². The fourth-order valence-corrected chi connectivity index (χ4v) is 1.55. The Balaban J connectivity index is 2.58. The van der Waals surface area contributed by atoms with Crippen molar-refractivity contribution in [2.75, 3.05) is 13.7 Å². The van der Waals surface area contributed by atoms with Crippen LogP contribution in [0.5, 0.6) is 5.75 Å². The monoisotopic (exact) mass is 237 g/mol. The van der Waals surface area contributed by atoms with E-state index in [-0.39, 0.29) is 12.1 Å². The molecule has 0 aromatic heterocycles. The van der Waals surface area contributed by atoms with Crippen LogP contribution in [0.2, 0.25) is 0 Å². The highest BCUT2D eigenvalue weighted by molar-refractivity contribution is 5.29. The van der Waals surface area contributed by atoms with Crippen LogP contribution in [-0.2, 0) is 4.74 Å². The van der Waals surface area contributed by atoms with Gasteiger partial charge in [-0.05, 0) is 30.5 Å². The van der Waals surface area contributed by atoms with Crippen LogP contribution in [0.25, 0.3) is 0 Å². The maximum Gasteiger partial charge on any atom is 0.118 e. The summed E-state index contributed by atoms with van der Waals surface area (Å²) < 4.78 is 10.8. The Morgan fingerprint density at radius 2 is 1.71 bits per heavy atom. The summed E-state index contributed by atoms with van der Waals surface area (Å²) in [4.78, 5) is 0. The van der Waals surface area contributed by atoms with Gasteiger partial charge in [-0.15, -0.1) is 0 Å². The second-order valence-corrected chi connectivity index (χ2v) is 4.73. The summed E-state index contributed by atoms with van der Waals surface area (Å²) in [5, 5.41) is 0. The second-order valence-electron chi connectivity index (χ2n) is 4.73. The van der Waals surface area contributed by atoms with E-state index in [4.69, 9.17) is 15.2 Å². The van der Waals surface area contributed by atoms with Crippen molar-refractivity contribution in [2.24, 2.45) is 11.7 Å². The molecule has 2 atom stereocenters. The Kier molecular flexibility index (Phi) is 5.45. The number of rotatable bonds is 6. The molecule has 1 aromatic carbocycles. The predicted octanol–water partition coefficient (Wildman–Crippen LogP) is 2.76. The van der Waals surface area contributed by atoms with Gasteiger partial charge < -0.3 is 15.2 Å². The lowest BCUT2D eigenvalue weighted by Crippen LogP contribution is -2.27. The third-order valence-electron chi connectivity index (χ3n) is 2.70. The number of nitrogens with two attached hydrogens (primary N) is 1. The normalized spacial score (nSPS) is 14.7. The first kappa shape index (κ1) is 14.0. The van der Waals surface area contributed by atoms with E-state index in [0.717, 1.165) is 17.9 Å². The molecular weight excluding hydrogens is 214 g/mol. The zero-order valence-corrected chi connectivity index (χ0v) is 11.1. The third-order valence-corrected chi connectivity index (χ3v) is 2.70. The van der Waals surface area contributed by atoms with Crippen LogP contribution in [0.4, 0.5) is 0 Å². The van der Waals surface area contributed by atoms with Gasteiger partial charge in [0.2, 0.25) is 0 Å². The van der Waals surface area contributed by atoms with Gasteiger partial charge in [0.15, 0.2) is 0 Å². The summed E-state index contributed by atoms with van der Waals surface area (Å²) in [5.41, 5.74) is 7.22. The van der Waals surface area contributed by atoms with E-state index >= 15 is 0 Å². The van der Waals surface area contributed by atoms with Crippen LogP contribution in [0.1, 0.15) is 32.4 Å². The maximum atomic E-state index is 6.15. The topological polar surface area (TPSA) is 44.5 Å². The lowest BCUT2D eigenvalue weighted by atomic mass is 10.0. The summed E-state index contributed by atoms with van der Waals surface area (Å²) in [6, 6.07) is 7.71. The van der Waals surface area contributed by atoms with Gasteiger partial charge in [-0.3, -0.25) is 0 Å². The molecule has 1 rings (SSSR count). The van der Waals surface area contributed by atoms with E-state index in [1.165, 1.54) is 0 Å². The lowest BCUT2D eigenvalue weighted by molar-refractivity contribution is 0.0314. The fraction of sp³-hybridized carbons (Fsp3) is 0.571. The summed E-state index contributed by atoms with van der Waals surface area (Å²) in [5.74, 6) is 1.37. The fourth-order valence-electron chi connectivity index (χ4n) is 1.55. The Morgan fingerprint density at radius 1 is 1.12 bits per heavy atom. The molecule has 3 nitrogen and oxygen atoms in total. The summed E-state index contributed by atoms with van der Waals surface area (Å²) in [6.45, 7) is 7.01. The van der Waals surface area contributed by atoms with Crippen molar-refractivity contribution < 1.29 is 9.47 Å². The van der Waals surface area contributed by atoms with E-state index in [9.17, 15) is 0 Å². The first-order valence-electron chi connectivity index (χ1n) is 6.05. The van der Waals surface area contributed by atoms with Crippen LogP contribution in [0, 0.1) is 5.92 Å². The highest BCUT2D eigenvalue weighted by atomic mass is 16.5. The summed E-state index contributed by atoms with van der Waals surface area (Å²) in [6.07, 6.45) is 0.0193. The van der Waals surface area contributed by atoms with Gasteiger partial charge in [0, 0.05) is 6.61 Å². The van der Waals surface area contributed by atoms with Crippen molar-refractivity contribution >= 4 is 0 Å². The van der Waals surface area contributed by atoms with Crippen molar-refractivity contribution in [1.82, 2.24) is 0 Å². The number of hydrogen-bond acceptors (Lipinski definition) is 3. The Hall–Kier alpha value is -1.06. The van der Waals surface area contributed by atoms with Crippen LogP contribution >= 0.6 is 0 Å². The van der Waals surface area contributed by atoms with Gasteiger partial charge in [-0.1, -0.05) is 26.0 Å². The van der Waals surface area contributed by atoms with Crippen molar-refractivity contribution in [3.63, 3.8) is 0 Å². The van der Waals surface area contributed by atoms with Gasteiger partial charge in [-0.2, -0.15) is 0 Å². The second kappa shape index (κ2) is 6.62. The molecule has 3 heteroatoms. The van der Waals surface area contributed by atoms with E-state index in [2.05, 4.69) is 13.8 Å². The lowest BCUT2D eigenvalue weighted by Gasteiger charge is -2.22. The molecule has 0 heterocycles. The van der Waals surface area contributed by atoms with Crippen molar-refractivity contribution in [3.05, 3.63) is 29.8 Å². The van der Waals surface area contributed by atoms with Gasteiger partial charge >= 0.3 is 0 Å². The molecular formula is C14H23NO2. The standard InChI is InChI=1S/C14H23NO2/c1-10(2)9-17-11(3)14(15)12-5-7-13(16-4)8-6-12/h5-8,10-11,14H,9,15H2,1-4H3. The van der Waals surface area contributed by atoms with E-state index in [1.54, 1.807) is 7.11 Å². The zero-order chi connectivity index (χ0) is 12.8. The molecule has 17 heavy (non-hydrogen) atoms.